The van der Waals surface area contributed by atoms with Crippen LogP contribution in [0.2, 0.25) is 0 Å². The number of fused-ring (bicyclic) bond motifs is 2. The minimum Gasteiger partial charge on any atom is -0.492 e. The lowest BCUT2D eigenvalue weighted by atomic mass is 10.00. The third kappa shape index (κ3) is 4.39. The van der Waals surface area contributed by atoms with Gasteiger partial charge in [-0.15, -0.1) is 0 Å². The molecule has 0 bridgehead atoms. The van der Waals surface area contributed by atoms with Crippen LogP contribution in [0.15, 0.2) is 34.4 Å². The zero-order valence-electron chi connectivity index (χ0n) is 19.9. The summed E-state index contributed by atoms with van der Waals surface area (Å²) < 4.78 is 17.8. The Kier molecular flexibility index (Phi) is 7.16. The van der Waals surface area contributed by atoms with Gasteiger partial charge in [-0.05, 0) is 59.0 Å². The van der Waals surface area contributed by atoms with Crippen molar-refractivity contribution in [2.24, 2.45) is 5.92 Å². The molecule has 0 radical (unpaired) electrons. The standard InChI is InChI=1S/C26H29BrN2O5/c1-5-15(6-2)26(31)28-17-9-7-8-16(12-17)22(30)20-13-19-18(10-11-29(20)3)21(27)24-25(23(19)32-4)34-14-33-24/h7-9,12-13,15H,5-6,10-11,14H2,1-4H3,(H,28,31). The van der Waals surface area contributed by atoms with Crippen molar-refractivity contribution >= 4 is 39.4 Å². The number of allylic oxidation sites excluding steroid dienone is 1. The maximum absolute atomic E-state index is 13.6. The van der Waals surface area contributed by atoms with Crippen molar-refractivity contribution in [1.82, 2.24) is 4.90 Å². The van der Waals surface area contributed by atoms with Crippen LogP contribution in [0.5, 0.6) is 17.2 Å². The number of nitrogens with one attached hydrogen (secondary N) is 1. The maximum atomic E-state index is 13.6. The first-order chi connectivity index (χ1) is 16.4. The van der Waals surface area contributed by atoms with E-state index in [-0.39, 0.29) is 24.4 Å². The summed E-state index contributed by atoms with van der Waals surface area (Å²) >= 11 is 3.66. The second-order valence-electron chi connectivity index (χ2n) is 8.42. The Bertz CT molecular complexity index is 1160. The van der Waals surface area contributed by atoms with Gasteiger partial charge in [0.2, 0.25) is 24.2 Å². The molecule has 2 aliphatic rings. The summed E-state index contributed by atoms with van der Waals surface area (Å²) in [7, 11) is 3.48. The van der Waals surface area contributed by atoms with Crippen molar-refractivity contribution in [2.45, 2.75) is 33.1 Å². The third-order valence-corrected chi connectivity index (χ3v) is 7.27. The highest BCUT2D eigenvalue weighted by molar-refractivity contribution is 9.10. The quantitative estimate of drug-likeness (QED) is 0.493. The zero-order chi connectivity index (χ0) is 24.4. The number of carbonyl (C=O) groups is 2. The molecule has 4 rings (SSSR count). The van der Waals surface area contributed by atoms with E-state index in [1.165, 1.54) is 0 Å². The van der Waals surface area contributed by atoms with Crippen LogP contribution in [0.4, 0.5) is 5.69 Å². The van der Waals surface area contributed by atoms with Gasteiger partial charge >= 0.3 is 0 Å². The number of rotatable bonds is 7. The summed E-state index contributed by atoms with van der Waals surface area (Å²) in [5, 5.41) is 2.95. The summed E-state index contributed by atoms with van der Waals surface area (Å²) in [6.45, 7) is 4.76. The number of methoxy groups -OCH3 is 1. The summed E-state index contributed by atoms with van der Waals surface area (Å²) in [6, 6.07) is 7.09. The van der Waals surface area contributed by atoms with E-state index >= 15 is 0 Å². The Labute approximate surface area is 208 Å². The zero-order valence-corrected chi connectivity index (χ0v) is 21.5. The van der Waals surface area contributed by atoms with E-state index in [2.05, 4.69) is 21.2 Å². The molecule has 2 aromatic rings. The topological polar surface area (TPSA) is 77.1 Å². The molecule has 34 heavy (non-hydrogen) atoms. The fourth-order valence-electron chi connectivity index (χ4n) is 4.40. The molecule has 0 saturated heterocycles. The highest BCUT2D eigenvalue weighted by Crippen LogP contribution is 2.51. The molecule has 0 aromatic heterocycles. The fraction of sp³-hybridized carbons (Fsp3) is 0.385. The van der Waals surface area contributed by atoms with E-state index in [0.717, 1.165) is 28.4 Å². The van der Waals surface area contributed by atoms with E-state index in [4.69, 9.17) is 14.2 Å². The molecule has 0 atom stereocenters. The van der Waals surface area contributed by atoms with Crippen LogP contribution in [-0.2, 0) is 11.2 Å². The van der Waals surface area contributed by atoms with Crippen molar-refractivity contribution in [3.05, 3.63) is 51.1 Å². The number of benzene rings is 2. The van der Waals surface area contributed by atoms with Gasteiger partial charge in [0, 0.05) is 36.3 Å². The van der Waals surface area contributed by atoms with E-state index in [9.17, 15) is 9.59 Å². The Hall–Kier alpha value is -3.00. The minimum atomic E-state index is -0.134. The van der Waals surface area contributed by atoms with Crippen molar-refractivity contribution in [3.63, 3.8) is 0 Å². The van der Waals surface area contributed by atoms with Gasteiger partial charge in [-0.1, -0.05) is 26.0 Å². The highest BCUT2D eigenvalue weighted by Gasteiger charge is 2.31. The van der Waals surface area contributed by atoms with Gasteiger partial charge in [0.05, 0.1) is 17.3 Å². The van der Waals surface area contributed by atoms with Crippen LogP contribution in [-0.4, -0.2) is 44.1 Å². The lowest BCUT2D eigenvalue weighted by molar-refractivity contribution is -0.120. The van der Waals surface area contributed by atoms with Gasteiger partial charge in [0.15, 0.2) is 11.5 Å². The average molecular weight is 529 g/mol. The first kappa shape index (κ1) is 24.1. The Morgan fingerprint density at radius 2 is 1.94 bits per heavy atom. The number of carbonyl (C=O) groups excluding carboxylic acids is 2. The summed E-state index contributed by atoms with van der Waals surface area (Å²) in [5.41, 5.74) is 3.45. The summed E-state index contributed by atoms with van der Waals surface area (Å²) in [4.78, 5) is 28.1. The predicted octanol–water partition coefficient (Wildman–Crippen LogP) is 5.27. The molecular weight excluding hydrogens is 500 g/mol. The molecule has 0 aliphatic carbocycles. The number of amides is 1. The van der Waals surface area contributed by atoms with Gasteiger partial charge in [0.25, 0.3) is 0 Å². The molecule has 0 unspecified atom stereocenters. The first-order valence-electron chi connectivity index (χ1n) is 11.5. The molecule has 180 valence electrons. The number of halogens is 1. The number of ketones is 1. The molecule has 0 fully saturated rings. The monoisotopic (exact) mass is 528 g/mol. The maximum Gasteiger partial charge on any atom is 0.231 e. The minimum absolute atomic E-state index is 0.0278. The number of anilines is 1. The molecule has 2 aliphatic heterocycles. The summed E-state index contributed by atoms with van der Waals surface area (Å²) in [5.74, 6) is 1.50. The van der Waals surface area contributed by atoms with Gasteiger partial charge in [-0.25, -0.2) is 0 Å². The van der Waals surface area contributed by atoms with Crippen molar-refractivity contribution in [2.75, 3.05) is 32.8 Å². The molecule has 2 heterocycles. The Morgan fingerprint density at radius 3 is 2.65 bits per heavy atom. The van der Waals surface area contributed by atoms with E-state index in [1.54, 1.807) is 31.4 Å². The number of likely N-dealkylation sites (N-methyl/N-ethyl adjacent to an activating group) is 1. The second-order valence-corrected chi connectivity index (χ2v) is 9.21. The number of nitrogens with zero attached hydrogens (tertiary/aromatic N) is 1. The molecular formula is C26H29BrN2O5. The normalized spacial score (nSPS) is 14.4. The van der Waals surface area contributed by atoms with Gasteiger partial charge < -0.3 is 24.4 Å². The predicted molar refractivity (Wildman–Crippen MR) is 135 cm³/mol. The van der Waals surface area contributed by atoms with E-state index < -0.39 is 0 Å². The smallest absolute Gasteiger partial charge is 0.231 e. The molecule has 1 N–H and O–H groups in total. The van der Waals surface area contributed by atoms with Crippen LogP contribution in [0.1, 0.15) is 48.2 Å². The fourth-order valence-corrected chi connectivity index (χ4v) is 5.11. The molecule has 7 nitrogen and oxygen atoms in total. The number of Topliss-reactive ketones (excluding diaryl/α,β-unsaturated/α-hetero) is 1. The first-order valence-corrected chi connectivity index (χ1v) is 12.2. The van der Waals surface area contributed by atoms with Crippen molar-refractivity contribution in [1.29, 1.82) is 0 Å². The van der Waals surface area contributed by atoms with E-state index in [1.807, 2.05) is 31.9 Å². The van der Waals surface area contributed by atoms with Crippen LogP contribution in [0.25, 0.3) is 6.08 Å². The van der Waals surface area contributed by atoms with Gasteiger partial charge in [-0.3, -0.25) is 9.59 Å². The molecule has 1 amide bonds. The van der Waals surface area contributed by atoms with Crippen molar-refractivity contribution in [3.8, 4) is 17.2 Å². The van der Waals surface area contributed by atoms with Crippen LogP contribution in [0.3, 0.4) is 0 Å². The Morgan fingerprint density at radius 1 is 1.21 bits per heavy atom. The van der Waals surface area contributed by atoms with Crippen LogP contribution < -0.4 is 19.5 Å². The number of hydrogen-bond donors (Lipinski definition) is 1. The second kappa shape index (κ2) is 10.1. The average Bonchev–Trinajstić information content (AvgIpc) is 3.25. The molecule has 0 spiro atoms. The van der Waals surface area contributed by atoms with Crippen LogP contribution >= 0.6 is 15.9 Å². The van der Waals surface area contributed by atoms with Gasteiger partial charge in [0.1, 0.15) is 0 Å². The third-order valence-electron chi connectivity index (χ3n) is 6.43. The van der Waals surface area contributed by atoms with Crippen LogP contribution in [0, 0.1) is 5.92 Å². The van der Waals surface area contributed by atoms with Crippen molar-refractivity contribution < 1.29 is 23.8 Å². The van der Waals surface area contributed by atoms with E-state index in [0.29, 0.717) is 47.2 Å². The largest absolute Gasteiger partial charge is 0.492 e. The molecule has 2 aromatic carbocycles. The summed E-state index contributed by atoms with van der Waals surface area (Å²) in [6.07, 6.45) is 4.09. The molecule has 0 saturated carbocycles. The van der Waals surface area contributed by atoms with Gasteiger partial charge in [-0.2, -0.15) is 0 Å². The Balaban J connectivity index is 1.71. The SMILES string of the molecule is CCC(CC)C(=O)Nc1cccc(C(=O)C2=Cc3c(c(Br)c4c(c3OC)OCO4)CCN2C)c1. The number of ether oxygens (including phenoxy) is 3. The number of hydrogen-bond acceptors (Lipinski definition) is 6. The highest BCUT2D eigenvalue weighted by atomic mass is 79.9. The lowest BCUT2D eigenvalue weighted by Gasteiger charge is -2.20. The lowest BCUT2D eigenvalue weighted by Crippen LogP contribution is -2.25. The molecule has 8 heteroatoms.